The average Bonchev–Trinajstić information content (AvgIpc) is 2.77. The molecule has 0 fully saturated rings. The number of sulfonamides is 1. The van der Waals surface area contributed by atoms with E-state index in [-0.39, 0.29) is 24.2 Å². The maximum absolute atomic E-state index is 13.5. The Kier molecular flexibility index (Phi) is 10.1. The SMILES string of the molecule is CC[C@H](C)NC(=O)[C@@H](C)N(Cc1ccc(Cl)c(Cl)c1)C(=O)CN(c1ccc(Cl)cc1)S(C)(=O)=O. The Hall–Kier alpha value is -2.00. The number of amides is 2. The van der Waals surface area contributed by atoms with Crippen molar-refractivity contribution in [3.8, 4) is 0 Å². The van der Waals surface area contributed by atoms with Crippen LogP contribution >= 0.6 is 34.8 Å². The molecule has 2 atom stereocenters. The first kappa shape index (κ1) is 28.2. The number of anilines is 1. The number of nitrogens with zero attached hydrogens (tertiary/aromatic N) is 2. The second-order valence-electron chi connectivity index (χ2n) is 8.01. The van der Waals surface area contributed by atoms with Crippen molar-refractivity contribution >= 4 is 62.3 Å². The van der Waals surface area contributed by atoms with E-state index in [4.69, 9.17) is 34.8 Å². The Balaban J connectivity index is 2.40. The van der Waals surface area contributed by atoms with Gasteiger partial charge in [-0.2, -0.15) is 0 Å². The highest BCUT2D eigenvalue weighted by atomic mass is 35.5. The normalized spacial score (nSPS) is 13.1. The molecule has 0 heterocycles. The van der Waals surface area contributed by atoms with Gasteiger partial charge in [-0.3, -0.25) is 13.9 Å². The molecule has 0 saturated heterocycles. The van der Waals surface area contributed by atoms with Crippen LogP contribution in [0.15, 0.2) is 42.5 Å². The Morgan fingerprint density at radius 3 is 2.15 bits per heavy atom. The summed E-state index contributed by atoms with van der Waals surface area (Å²) in [4.78, 5) is 27.6. The molecule has 1 N–H and O–H groups in total. The predicted octanol–water partition coefficient (Wildman–Crippen LogP) is 4.74. The number of hydrogen-bond acceptors (Lipinski definition) is 4. The lowest BCUT2D eigenvalue weighted by Gasteiger charge is -2.32. The molecular weight excluding hydrogens is 521 g/mol. The number of rotatable bonds is 10. The van der Waals surface area contributed by atoms with Gasteiger partial charge in [0.25, 0.3) is 0 Å². The fourth-order valence-corrected chi connectivity index (χ4v) is 4.40. The predicted molar refractivity (Wildman–Crippen MR) is 138 cm³/mol. The van der Waals surface area contributed by atoms with E-state index in [1.807, 2.05) is 13.8 Å². The van der Waals surface area contributed by atoms with Gasteiger partial charge in [0.15, 0.2) is 0 Å². The van der Waals surface area contributed by atoms with Crippen LogP contribution in [0, 0.1) is 0 Å². The summed E-state index contributed by atoms with van der Waals surface area (Å²) in [5.41, 5.74) is 0.926. The van der Waals surface area contributed by atoms with E-state index in [1.54, 1.807) is 25.1 Å². The van der Waals surface area contributed by atoms with Gasteiger partial charge in [-0.15, -0.1) is 0 Å². The van der Waals surface area contributed by atoms with Crippen LogP contribution in [0.4, 0.5) is 5.69 Å². The van der Waals surface area contributed by atoms with Crippen LogP contribution < -0.4 is 9.62 Å². The number of nitrogens with one attached hydrogen (secondary N) is 1. The quantitative estimate of drug-likeness (QED) is 0.464. The summed E-state index contributed by atoms with van der Waals surface area (Å²) in [6.45, 7) is 4.93. The van der Waals surface area contributed by atoms with E-state index in [9.17, 15) is 18.0 Å². The lowest BCUT2D eigenvalue weighted by Crippen LogP contribution is -2.52. The molecule has 186 valence electrons. The third kappa shape index (κ3) is 7.77. The molecule has 7 nitrogen and oxygen atoms in total. The van der Waals surface area contributed by atoms with E-state index in [2.05, 4.69) is 5.32 Å². The Morgan fingerprint density at radius 2 is 1.62 bits per heavy atom. The third-order valence-corrected chi connectivity index (χ3v) is 7.43. The molecule has 2 aromatic rings. The van der Waals surface area contributed by atoms with Gasteiger partial charge in [-0.25, -0.2) is 8.42 Å². The number of benzene rings is 2. The van der Waals surface area contributed by atoms with Crippen LogP contribution in [-0.2, 0) is 26.2 Å². The van der Waals surface area contributed by atoms with E-state index in [1.165, 1.54) is 29.2 Å². The van der Waals surface area contributed by atoms with E-state index < -0.39 is 28.5 Å². The minimum atomic E-state index is -3.81. The molecule has 11 heteroatoms. The maximum Gasteiger partial charge on any atom is 0.244 e. The highest BCUT2D eigenvalue weighted by Crippen LogP contribution is 2.25. The fraction of sp³-hybridized carbons (Fsp3) is 0.391. The maximum atomic E-state index is 13.5. The van der Waals surface area contributed by atoms with Gasteiger partial charge in [0.05, 0.1) is 22.0 Å². The van der Waals surface area contributed by atoms with Crippen LogP contribution in [0.1, 0.15) is 32.8 Å². The molecule has 0 spiro atoms. The van der Waals surface area contributed by atoms with E-state index in [0.717, 1.165) is 17.0 Å². The minimum Gasteiger partial charge on any atom is -0.352 e. The van der Waals surface area contributed by atoms with Crippen molar-refractivity contribution in [2.75, 3.05) is 17.1 Å². The average molecular weight is 549 g/mol. The number of carbonyl (C=O) groups excluding carboxylic acids is 2. The van der Waals surface area contributed by atoms with Gasteiger partial charge in [0, 0.05) is 17.6 Å². The van der Waals surface area contributed by atoms with Crippen molar-refractivity contribution in [2.45, 2.75) is 45.8 Å². The van der Waals surface area contributed by atoms with Gasteiger partial charge in [-0.1, -0.05) is 47.8 Å². The summed E-state index contributed by atoms with van der Waals surface area (Å²) in [5.74, 6) is -0.904. The molecule has 0 radical (unpaired) electrons. The Morgan fingerprint density at radius 1 is 1.00 bits per heavy atom. The summed E-state index contributed by atoms with van der Waals surface area (Å²) in [7, 11) is -3.81. The zero-order valence-corrected chi connectivity index (χ0v) is 22.5. The summed E-state index contributed by atoms with van der Waals surface area (Å²) >= 11 is 18.1. The van der Waals surface area contributed by atoms with Crippen molar-refractivity contribution in [1.29, 1.82) is 0 Å². The molecule has 0 aliphatic rings. The number of halogens is 3. The van der Waals surface area contributed by atoms with Gasteiger partial charge in [-0.05, 0) is 62.2 Å². The first-order valence-electron chi connectivity index (χ1n) is 10.6. The van der Waals surface area contributed by atoms with Gasteiger partial charge >= 0.3 is 0 Å². The Bertz CT molecular complexity index is 1130. The molecule has 2 rings (SSSR count). The summed E-state index contributed by atoms with van der Waals surface area (Å²) in [6.07, 6.45) is 1.73. The first-order chi connectivity index (χ1) is 15.8. The second-order valence-corrected chi connectivity index (χ2v) is 11.2. The third-order valence-electron chi connectivity index (χ3n) is 5.30. The monoisotopic (exact) mass is 547 g/mol. The number of hydrogen-bond donors (Lipinski definition) is 1. The van der Waals surface area contributed by atoms with Gasteiger partial charge in [0.2, 0.25) is 21.8 Å². The van der Waals surface area contributed by atoms with Gasteiger partial charge in [0.1, 0.15) is 12.6 Å². The van der Waals surface area contributed by atoms with E-state index in [0.29, 0.717) is 20.6 Å². The van der Waals surface area contributed by atoms with Crippen molar-refractivity contribution in [1.82, 2.24) is 10.2 Å². The standard InChI is InChI=1S/C23H28Cl3N3O4S/c1-5-15(2)27-23(31)16(3)28(13-17-6-11-20(25)21(26)12-17)22(30)14-29(34(4,32)33)19-9-7-18(24)8-10-19/h6-12,15-16H,5,13-14H2,1-4H3,(H,27,31)/t15-,16+/m0/s1. The topological polar surface area (TPSA) is 86.8 Å². The zero-order chi connectivity index (χ0) is 25.6. The molecular formula is C23H28Cl3N3O4S. The van der Waals surface area contributed by atoms with Crippen molar-refractivity contribution in [2.24, 2.45) is 0 Å². The molecule has 0 bridgehead atoms. The van der Waals surface area contributed by atoms with Gasteiger partial charge < -0.3 is 10.2 Å². The summed E-state index contributed by atoms with van der Waals surface area (Å²) in [6, 6.07) is 10.0. The van der Waals surface area contributed by atoms with Crippen LogP contribution in [0.25, 0.3) is 0 Å². The van der Waals surface area contributed by atoms with Crippen molar-refractivity contribution in [3.63, 3.8) is 0 Å². The van der Waals surface area contributed by atoms with E-state index >= 15 is 0 Å². The molecule has 2 aromatic carbocycles. The smallest absolute Gasteiger partial charge is 0.244 e. The lowest BCUT2D eigenvalue weighted by atomic mass is 10.1. The molecule has 0 aromatic heterocycles. The lowest BCUT2D eigenvalue weighted by molar-refractivity contribution is -0.139. The first-order valence-corrected chi connectivity index (χ1v) is 13.6. The molecule has 0 aliphatic carbocycles. The summed E-state index contributed by atoms with van der Waals surface area (Å²) < 4.78 is 26.0. The van der Waals surface area contributed by atoms with Crippen molar-refractivity contribution in [3.05, 3.63) is 63.1 Å². The molecule has 2 amide bonds. The largest absolute Gasteiger partial charge is 0.352 e. The van der Waals surface area contributed by atoms with Crippen LogP contribution in [0.2, 0.25) is 15.1 Å². The molecule has 0 aliphatic heterocycles. The molecule has 34 heavy (non-hydrogen) atoms. The highest BCUT2D eigenvalue weighted by molar-refractivity contribution is 7.92. The van der Waals surface area contributed by atoms with Crippen LogP contribution in [-0.4, -0.2) is 50.0 Å². The molecule has 0 saturated carbocycles. The minimum absolute atomic E-state index is 0.0308. The van der Waals surface area contributed by atoms with Crippen molar-refractivity contribution < 1.29 is 18.0 Å². The Labute approximate surface area is 216 Å². The summed E-state index contributed by atoms with van der Waals surface area (Å²) in [5, 5.41) is 3.96. The van der Waals surface area contributed by atoms with Crippen LogP contribution in [0.3, 0.4) is 0 Å². The molecule has 0 unspecified atom stereocenters. The zero-order valence-electron chi connectivity index (χ0n) is 19.4. The second kappa shape index (κ2) is 12.1. The fourth-order valence-electron chi connectivity index (χ4n) is 3.10. The number of carbonyl (C=O) groups is 2. The van der Waals surface area contributed by atoms with Crippen LogP contribution in [0.5, 0.6) is 0 Å². The highest BCUT2D eigenvalue weighted by Gasteiger charge is 2.30.